The first-order valence-electron chi connectivity index (χ1n) is 8.33. The molecule has 5 heteroatoms. The van der Waals surface area contributed by atoms with Crippen LogP contribution in [0.4, 0.5) is 0 Å². The van der Waals surface area contributed by atoms with E-state index in [0.717, 1.165) is 26.2 Å². The summed E-state index contributed by atoms with van der Waals surface area (Å²) in [5, 5.41) is 1.35. The highest BCUT2D eigenvalue weighted by Gasteiger charge is 2.29. The Labute approximate surface area is 150 Å². The minimum atomic E-state index is 0.461. The molecule has 4 rings (SSSR count). The first kappa shape index (κ1) is 15.8. The largest absolute Gasteiger partial charge is 0.341 e. The number of fused-ring (bicyclic) bond motifs is 2. The second-order valence-electron chi connectivity index (χ2n) is 6.27. The van der Waals surface area contributed by atoms with E-state index in [2.05, 4.69) is 73.7 Å². The van der Waals surface area contributed by atoms with Crippen LogP contribution in [0.1, 0.15) is 18.5 Å². The first-order valence-corrected chi connectivity index (χ1v) is 9.94. The van der Waals surface area contributed by atoms with Crippen LogP contribution < -0.4 is 0 Å². The quantitative estimate of drug-likeness (QED) is 0.763. The van der Waals surface area contributed by atoms with E-state index in [-0.39, 0.29) is 0 Å². The highest BCUT2D eigenvalue weighted by molar-refractivity contribution is 9.10. The standard InChI is InChI=1S/C18H22BrN3S/c1-2-20-8-10-21(11-9-20)16-13-22-7-3-4-18(22)23-17-6-5-14(19)12-15(16)17/h3-7,12,16H,2,8-11,13H2,1H3/t16-/m0/s1. The first-order chi connectivity index (χ1) is 11.2. The summed E-state index contributed by atoms with van der Waals surface area (Å²) in [5.41, 5.74) is 1.47. The lowest BCUT2D eigenvalue weighted by Gasteiger charge is -2.39. The molecule has 0 saturated carbocycles. The lowest BCUT2D eigenvalue weighted by Crippen LogP contribution is -2.48. The molecule has 1 aromatic heterocycles. The Kier molecular flexibility index (Phi) is 4.54. The Morgan fingerprint density at radius 3 is 2.78 bits per heavy atom. The van der Waals surface area contributed by atoms with Gasteiger partial charge in [-0.25, -0.2) is 0 Å². The summed E-state index contributed by atoms with van der Waals surface area (Å²) in [5.74, 6) is 0. The van der Waals surface area contributed by atoms with Crippen LogP contribution >= 0.6 is 27.7 Å². The third-order valence-electron chi connectivity index (χ3n) is 5.00. The smallest absolute Gasteiger partial charge is 0.0797 e. The third kappa shape index (κ3) is 3.12. The molecule has 0 amide bonds. The molecule has 0 bridgehead atoms. The maximum absolute atomic E-state index is 3.67. The van der Waals surface area contributed by atoms with Crippen molar-refractivity contribution in [3.05, 3.63) is 46.6 Å². The SMILES string of the molecule is CCN1CCN([C@H]2Cn3cccc3Sc3ccc(Br)cc32)CC1. The van der Waals surface area contributed by atoms with E-state index in [9.17, 15) is 0 Å². The maximum Gasteiger partial charge on any atom is 0.0797 e. The van der Waals surface area contributed by atoms with E-state index in [1.807, 2.05) is 11.8 Å². The van der Waals surface area contributed by atoms with Crippen molar-refractivity contribution in [2.24, 2.45) is 0 Å². The Hall–Kier alpha value is -0.750. The van der Waals surface area contributed by atoms with Crippen LogP contribution in [0.2, 0.25) is 0 Å². The van der Waals surface area contributed by atoms with Crippen molar-refractivity contribution in [2.75, 3.05) is 32.7 Å². The molecule has 122 valence electrons. The predicted octanol–water partition coefficient (Wildman–Crippen LogP) is 4.09. The number of piperazine rings is 1. The number of rotatable bonds is 2. The molecule has 0 N–H and O–H groups in total. The molecule has 3 nitrogen and oxygen atoms in total. The minimum absolute atomic E-state index is 0.461. The number of likely N-dealkylation sites (N-methyl/N-ethyl adjacent to an activating group) is 1. The van der Waals surface area contributed by atoms with Gasteiger partial charge < -0.3 is 9.47 Å². The van der Waals surface area contributed by atoms with Gasteiger partial charge in [0.1, 0.15) is 0 Å². The van der Waals surface area contributed by atoms with Crippen molar-refractivity contribution in [1.82, 2.24) is 14.4 Å². The van der Waals surface area contributed by atoms with Crippen LogP contribution in [0, 0.1) is 0 Å². The normalized spacial score (nSPS) is 22.4. The fourth-order valence-corrected chi connectivity index (χ4v) is 5.07. The molecular weight excluding hydrogens is 370 g/mol. The van der Waals surface area contributed by atoms with E-state index in [1.165, 1.54) is 33.0 Å². The van der Waals surface area contributed by atoms with Gasteiger partial charge in [0.25, 0.3) is 0 Å². The monoisotopic (exact) mass is 391 g/mol. The van der Waals surface area contributed by atoms with Gasteiger partial charge in [-0.1, -0.05) is 34.6 Å². The van der Waals surface area contributed by atoms with Crippen molar-refractivity contribution in [2.45, 2.75) is 29.4 Å². The van der Waals surface area contributed by atoms with Gasteiger partial charge in [-0.2, -0.15) is 0 Å². The molecule has 0 aliphatic carbocycles. The fourth-order valence-electron chi connectivity index (χ4n) is 3.62. The molecule has 1 saturated heterocycles. The number of hydrogen-bond donors (Lipinski definition) is 0. The van der Waals surface area contributed by atoms with Crippen LogP contribution in [-0.2, 0) is 6.54 Å². The summed E-state index contributed by atoms with van der Waals surface area (Å²) in [6, 6.07) is 11.6. The Bertz CT molecular complexity index is 691. The van der Waals surface area contributed by atoms with E-state index in [1.54, 1.807) is 0 Å². The number of benzene rings is 1. The van der Waals surface area contributed by atoms with E-state index in [0.29, 0.717) is 6.04 Å². The molecule has 1 aromatic carbocycles. The fraction of sp³-hybridized carbons (Fsp3) is 0.444. The third-order valence-corrected chi connectivity index (χ3v) is 6.66. The van der Waals surface area contributed by atoms with Crippen LogP contribution in [0.3, 0.4) is 0 Å². The molecule has 3 heterocycles. The van der Waals surface area contributed by atoms with E-state index >= 15 is 0 Å². The summed E-state index contributed by atoms with van der Waals surface area (Å²) >= 11 is 5.57. The van der Waals surface area contributed by atoms with Gasteiger partial charge in [-0.05, 0) is 42.4 Å². The highest BCUT2D eigenvalue weighted by atomic mass is 79.9. The average Bonchev–Trinajstić information content (AvgIpc) is 2.95. The zero-order valence-corrected chi connectivity index (χ0v) is 15.8. The molecule has 23 heavy (non-hydrogen) atoms. The van der Waals surface area contributed by atoms with E-state index in [4.69, 9.17) is 0 Å². The second kappa shape index (κ2) is 6.63. The average molecular weight is 392 g/mol. The number of nitrogens with zero attached hydrogens (tertiary/aromatic N) is 3. The number of hydrogen-bond acceptors (Lipinski definition) is 3. The molecular formula is C18H22BrN3S. The Morgan fingerprint density at radius 2 is 2.00 bits per heavy atom. The van der Waals surface area contributed by atoms with Crippen molar-refractivity contribution in [1.29, 1.82) is 0 Å². The molecule has 0 unspecified atom stereocenters. The van der Waals surface area contributed by atoms with Gasteiger partial charge in [0.05, 0.1) is 11.1 Å². The maximum atomic E-state index is 3.67. The van der Waals surface area contributed by atoms with Crippen molar-refractivity contribution < 1.29 is 0 Å². The van der Waals surface area contributed by atoms with Gasteiger partial charge in [0, 0.05) is 48.3 Å². The molecule has 1 atom stereocenters. The van der Waals surface area contributed by atoms with Gasteiger partial charge in [0.15, 0.2) is 0 Å². The lowest BCUT2D eigenvalue weighted by atomic mass is 10.0. The van der Waals surface area contributed by atoms with Gasteiger partial charge in [-0.3, -0.25) is 4.90 Å². The van der Waals surface area contributed by atoms with Gasteiger partial charge in [-0.15, -0.1) is 0 Å². The summed E-state index contributed by atoms with van der Waals surface area (Å²) < 4.78 is 3.59. The summed E-state index contributed by atoms with van der Waals surface area (Å²) in [7, 11) is 0. The lowest BCUT2D eigenvalue weighted by molar-refractivity contribution is 0.0895. The van der Waals surface area contributed by atoms with Crippen LogP contribution in [0.5, 0.6) is 0 Å². The second-order valence-corrected chi connectivity index (χ2v) is 8.25. The Balaban J connectivity index is 1.69. The molecule has 0 spiro atoms. The minimum Gasteiger partial charge on any atom is -0.341 e. The number of halogens is 1. The molecule has 2 aliphatic rings. The zero-order chi connectivity index (χ0) is 15.8. The Morgan fingerprint density at radius 1 is 1.17 bits per heavy atom. The van der Waals surface area contributed by atoms with Crippen LogP contribution in [0.15, 0.2) is 50.9 Å². The molecule has 0 radical (unpaired) electrons. The van der Waals surface area contributed by atoms with Crippen molar-refractivity contribution in [3.63, 3.8) is 0 Å². The summed E-state index contributed by atoms with van der Waals surface area (Å²) in [6.07, 6.45) is 2.22. The van der Waals surface area contributed by atoms with Crippen LogP contribution in [-0.4, -0.2) is 47.1 Å². The molecule has 2 aromatic rings. The zero-order valence-electron chi connectivity index (χ0n) is 13.4. The molecule has 1 fully saturated rings. The van der Waals surface area contributed by atoms with Gasteiger partial charge >= 0.3 is 0 Å². The van der Waals surface area contributed by atoms with Crippen LogP contribution in [0.25, 0.3) is 0 Å². The van der Waals surface area contributed by atoms with Crippen molar-refractivity contribution >= 4 is 27.7 Å². The topological polar surface area (TPSA) is 11.4 Å². The van der Waals surface area contributed by atoms with E-state index < -0.39 is 0 Å². The van der Waals surface area contributed by atoms with Crippen molar-refractivity contribution in [3.8, 4) is 0 Å². The highest BCUT2D eigenvalue weighted by Crippen LogP contribution is 2.41. The summed E-state index contributed by atoms with van der Waals surface area (Å²) in [4.78, 5) is 6.62. The van der Waals surface area contributed by atoms with Gasteiger partial charge in [0.2, 0.25) is 0 Å². The number of aromatic nitrogens is 1. The molecule has 2 aliphatic heterocycles. The predicted molar refractivity (Wildman–Crippen MR) is 99.1 cm³/mol. The summed E-state index contributed by atoms with van der Waals surface area (Å²) in [6.45, 7) is 9.15.